The monoisotopic (exact) mass is 290 g/mol. The van der Waals surface area contributed by atoms with Crippen LogP contribution >= 0.6 is 0 Å². The van der Waals surface area contributed by atoms with E-state index in [2.05, 4.69) is 41.4 Å². The van der Waals surface area contributed by atoms with Gasteiger partial charge in [-0.3, -0.25) is 9.69 Å². The molecule has 0 saturated carbocycles. The van der Waals surface area contributed by atoms with Gasteiger partial charge in [-0.05, 0) is 50.6 Å². The number of benzene rings is 1. The Labute approximate surface area is 127 Å². The van der Waals surface area contributed by atoms with E-state index in [9.17, 15) is 4.79 Å². The summed E-state index contributed by atoms with van der Waals surface area (Å²) < 4.78 is 5.29. The molecule has 0 bridgehead atoms. The molecule has 21 heavy (non-hydrogen) atoms. The molecule has 4 heteroatoms. The Kier molecular flexibility index (Phi) is 5.62. The highest BCUT2D eigenvalue weighted by Crippen LogP contribution is 2.37. The van der Waals surface area contributed by atoms with Crippen LogP contribution < -0.4 is 5.32 Å². The first-order chi connectivity index (χ1) is 10.2. The minimum absolute atomic E-state index is 0.0564. The van der Waals surface area contributed by atoms with Crippen molar-refractivity contribution in [1.29, 1.82) is 0 Å². The minimum atomic E-state index is -0.0571. The molecule has 0 radical (unpaired) electrons. The lowest BCUT2D eigenvalue weighted by Crippen LogP contribution is -2.42. The normalized spacial score (nSPS) is 22.8. The van der Waals surface area contributed by atoms with Crippen molar-refractivity contribution in [2.24, 2.45) is 5.92 Å². The molecule has 1 N–H and O–H groups in total. The molecule has 1 aliphatic heterocycles. The third kappa shape index (κ3) is 3.56. The van der Waals surface area contributed by atoms with Crippen molar-refractivity contribution in [3.05, 3.63) is 29.8 Å². The molecule has 116 valence electrons. The lowest BCUT2D eigenvalue weighted by molar-refractivity contribution is -0.152. The summed E-state index contributed by atoms with van der Waals surface area (Å²) in [6.45, 7) is 6.48. The molecular formula is C17H26N2O2. The number of likely N-dealkylation sites (tertiary alicyclic amines) is 1. The molecule has 0 spiro atoms. The summed E-state index contributed by atoms with van der Waals surface area (Å²) in [5, 5.41) is 3.13. The number of nitrogens with one attached hydrogen (secondary N) is 1. The third-order valence-corrected chi connectivity index (χ3v) is 4.27. The molecule has 1 aromatic rings. The van der Waals surface area contributed by atoms with E-state index in [1.54, 1.807) is 0 Å². The average molecular weight is 290 g/mol. The average Bonchev–Trinajstić information content (AvgIpc) is 2.54. The van der Waals surface area contributed by atoms with E-state index in [0.29, 0.717) is 6.61 Å². The molecular weight excluding hydrogens is 264 g/mol. The van der Waals surface area contributed by atoms with E-state index in [4.69, 9.17) is 4.74 Å². The van der Waals surface area contributed by atoms with E-state index < -0.39 is 0 Å². The van der Waals surface area contributed by atoms with E-state index in [1.807, 2.05) is 14.0 Å². The molecule has 1 saturated heterocycles. The summed E-state index contributed by atoms with van der Waals surface area (Å²) in [7, 11) is 1.91. The SMILES string of the molecule is CCOC(=O)[C@@H]1CCCN(CC)[C@@H]1c1ccc(NC)cc1. The van der Waals surface area contributed by atoms with Crippen LogP contribution in [0.2, 0.25) is 0 Å². The number of anilines is 1. The Morgan fingerprint density at radius 1 is 1.33 bits per heavy atom. The van der Waals surface area contributed by atoms with Crippen LogP contribution in [0.1, 0.15) is 38.3 Å². The topological polar surface area (TPSA) is 41.6 Å². The second-order valence-corrected chi connectivity index (χ2v) is 5.45. The number of nitrogens with zero attached hydrogens (tertiary/aromatic N) is 1. The van der Waals surface area contributed by atoms with Crippen molar-refractivity contribution < 1.29 is 9.53 Å². The van der Waals surface area contributed by atoms with Gasteiger partial charge >= 0.3 is 5.97 Å². The highest BCUT2D eigenvalue weighted by atomic mass is 16.5. The maximum Gasteiger partial charge on any atom is 0.310 e. The number of piperidine rings is 1. The molecule has 0 aromatic heterocycles. The smallest absolute Gasteiger partial charge is 0.310 e. The molecule has 0 aliphatic carbocycles. The maximum absolute atomic E-state index is 12.3. The van der Waals surface area contributed by atoms with Gasteiger partial charge in [0, 0.05) is 18.8 Å². The van der Waals surface area contributed by atoms with Gasteiger partial charge in [0.2, 0.25) is 0 Å². The van der Waals surface area contributed by atoms with Gasteiger partial charge in [0.1, 0.15) is 0 Å². The quantitative estimate of drug-likeness (QED) is 0.846. The summed E-state index contributed by atoms with van der Waals surface area (Å²) in [6, 6.07) is 8.52. The zero-order chi connectivity index (χ0) is 15.2. The molecule has 1 fully saturated rings. The fourth-order valence-corrected chi connectivity index (χ4v) is 3.21. The van der Waals surface area contributed by atoms with Crippen molar-refractivity contribution in [2.75, 3.05) is 32.1 Å². The zero-order valence-corrected chi connectivity index (χ0v) is 13.3. The number of hydrogen-bond donors (Lipinski definition) is 1. The van der Waals surface area contributed by atoms with Gasteiger partial charge in [-0.1, -0.05) is 19.1 Å². The molecule has 0 unspecified atom stereocenters. The molecule has 2 rings (SSSR count). The van der Waals surface area contributed by atoms with Crippen molar-refractivity contribution >= 4 is 11.7 Å². The van der Waals surface area contributed by atoms with Crippen LogP contribution in [-0.4, -0.2) is 37.6 Å². The van der Waals surface area contributed by atoms with Gasteiger partial charge < -0.3 is 10.1 Å². The third-order valence-electron chi connectivity index (χ3n) is 4.27. The Hall–Kier alpha value is -1.55. The minimum Gasteiger partial charge on any atom is -0.466 e. The number of ether oxygens (including phenoxy) is 1. The Balaban J connectivity index is 2.28. The number of rotatable bonds is 5. The number of carbonyl (C=O) groups excluding carboxylic acids is 1. The fourth-order valence-electron chi connectivity index (χ4n) is 3.21. The van der Waals surface area contributed by atoms with E-state index >= 15 is 0 Å². The first-order valence-electron chi connectivity index (χ1n) is 7.89. The summed E-state index contributed by atoms with van der Waals surface area (Å²) in [6.07, 6.45) is 1.97. The van der Waals surface area contributed by atoms with Gasteiger partial charge in [-0.25, -0.2) is 0 Å². The van der Waals surface area contributed by atoms with Crippen molar-refractivity contribution in [3.8, 4) is 0 Å². The van der Waals surface area contributed by atoms with Gasteiger partial charge in [0.05, 0.1) is 12.5 Å². The number of hydrogen-bond acceptors (Lipinski definition) is 4. The predicted molar refractivity (Wildman–Crippen MR) is 85.3 cm³/mol. The van der Waals surface area contributed by atoms with Crippen LogP contribution in [0.25, 0.3) is 0 Å². The first-order valence-corrected chi connectivity index (χ1v) is 7.89. The van der Waals surface area contributed by atoms with Crippen LogP contribution in [-0.2, 0) is 9.53 Å². The van der Waals surface area contributed by atoms with Crippen LogP contribution in [0.3, 0.4) is 0 Å². The predicted octanol–water partition coefficient (Wildman–Crippen LogP) is 3.06. The van der Waals surface area contributed by atoms with Crippen molar-refractivity contribution in [1.82, 2.24) is 4.90 Å². The van der Waals surface area contributed by atoms with Gasteiger partial charge in [0.25, 0.3) is 0 Å². The largest absolute Gasteiger partial charge is 0.466 e. The molecule has 1 aromatic carbocycles. The summed E-state index contributed by atoms with van der Waals surface area (Å²) in [5.41, 5.74) is 2.29. The number of carbonyl (C=O) groups is 1. The van der Waals surface area contributed by atoms with E-state index in [1.165, 1.54) is 5.56 Å². The fraction of sp³-hybridized carbons (Fsp3) is 0.588. The highest BCUT2D eigenvalue weighted by Gasteiger charge is 2.37. The molecule has 1 aliphatic rings. The maximum atomic E-state index is 12.3. The lowest BCUT2D eigenvalue weighted by Gasteiger charge is -2.40. The van der Waals surface area contributed by atoms with Crippen LogP contribution in [0.15, 0.2) is 24.3 Å². The molecule has 1 heterocycles. The second-order valence-electron chi connectivity index (χ2n) is 5.45. The van der Waals surface area contributed by atoms with Crippen LogP contribution in [0.5, 0.6) is 0 Å². The lowest BCUT2D eigenvalue weighted by atomic mass is 9.84. The molecule has 2 atom stereocenters. The Morgan fingerprint density at radius 2 is 2.05 bits per heavy atom. The van der Waals surface area contributed by atoms with Crippen LogP contribution in [0, 0.1) is 5.92 Å². The Morgan fingerprint density at radius 3 is 2.62 bits per heavy atom. The molecule has 4 nitrogen and oxygen atoms in total. The van der Waals surface area contributed by atoms with E-state index in [-0.39, 0.29) is 17.9 Å². The molecule has 0 amide bonds. The van der Waals surface area contributed by atoms with Gasteiger partial charge in [-0.2, -0.15) is 0 Å². The van der Waals surface area contributed by atoms with Gasteiger partial charge in [0.15, 0.2) is 0 Å². The van der Waals surface area contributed by atoms with Gasteiger partial charge in [-0.15, -0.1) is 0 Å². The highest BCUT2D eigenvalue weighted by molar-refractivity contribution is 5.74. The Bertz CT molecular complexity index is 458. The second kappa shape index (κ2) is 7.46. The summed E-state index contributed by atoms with van der Waals surface area (Å²) in [5.74, 6) is -0.113. The summed E-state index contributed by atoms with van der Waals surface area (Å²) >= 11 is 0. The number of esters is 1. The zero-order valence-electron chi connectivity index (χ0n) is 13.3. The van der Waals surface area contributed by atoms with E-state index in [0.717, 1.165) is 31.6 Å². The first kappa shape index (κ1) is 15.8. The standard InChI is InChI=1S/C17H26N2O2/c1-4-19-12-6-7-15(17(20)21-5-2)16(19)13-8-10-14(18-3)11-9-13/h8-11,15-16,18H,4-7,12H2,1-3H3/t15-,16-/m1/s1. The van der Waals surface area contributed by atoms with Crippen molar-refractivity contribution in [3.63, 3.8) is 0 Å². The van der Waals surface area contributed by atoms with Crippen LogP contribution in [0.4, 0.5) is 5.69 Å². The van der Waals surface area contributed by atoms with Crippen molar-refractivity contribution in [2.45, 2.75) is 32.7 Å². The summed E-state index contributed by atoms with van der Waals surface area (Å²) in [4.78, 5) is 14.7.